The molecule has 3 rings (SSSR count). The first-order valence-corrected chi connectivity index (χ1v) is 8.26. The lowest BCUT2D eigenvalue weighted by Crippen LogP contribution is -2.14. The van der Waals surface area contributed by atoms with E-state index in [4.69, 9.17) is 4.74 Å². The second kappa shape index (κ2) is 6.84. The SMILES string of the molecule is CCc1[nH]c(=O)n(-c2ccc(Oc3cccc(C(C)C)c3)nc2)c1O. The van der Waals surface area contributed by atoms with Gasteiger partial charge in [0.1, 0.15) is 5.75 Å². The molecule has 0 amide bonds. The minimum atomic E-state index is -0.394. The number of aromatic nitrogens is 3. The summed E-state index contributed by atoms with van der Waals surface area (Å²) in [4.78, 5) is 18.9. The van der Waals surface area contributed by atoms with E-state index in [1.54, 1.807) is 12.1 Å². The third-order valence-corrected chi connectivity index (χ3v) is 4.02. The van der Waals surface area contributed by atoms with Crippen molar-refractivity contribution in [3.05, 3.63) is 64.3 Å². The van der Waals surface area contributed by atoms with Gasteiger partial charge < -0.3 is 14.8 Å². The number of hydrogen-bond acceptors (Lipinski definition) is 4. The summed E-state index contributed by atoms with van der Waals surface area (Å²) in [7, 11) is 0. The first-order valence-electron chi connectivity index (χ1n) is 8.26. The molecule has 6 heteroatoms. The Morgan fingerprint density at radius 2 is 2.08 bits per heavy atom. The quantitative estimate of drug-likeness (QED) is 0.742. The number of nitrogens with one attached hydrogen (secondary N) is 1. The summed E-state index contributed by atoms with van der Waals surface area (Å²) in [5.74, 6) is 1.45. The van der Waals surface area contributed by atoms with Gasteiger partial charge in [0.05, 0.1) is 17.6 Å². The Kier molecular flexibility index (Phi) is 4.61. The van der Waals surface area contributed by atoms with Crippen molar-refractivity contribution >= 4 is 0 Å². The molecule has 0 saturated heterocycles. The molecule has 2 N–H and O–H groups in total. The van der Waals surface area contributed by atoms with Gasteiger partial charge >= 0.3 is 5.69 Å². The molecular weight excluding hydrogens is 318 g/mol. The van der Waals surface area contributed by atoms with Crippen LogP contribution in [0, 0.1) is 0 Å². The number of nitrogens with zero attached hydrogens (tertiary/aromatic N) is 2. The van der Waals surface area contributed by atoms with Crippen molar-refractivity contribution in [3.8, 4) is 23.2 Å². The summed E-state index contributed by atoms with van der Waals surface area (Å²) in [5, 5.41) is 10.1. The largest absolute Gasteiger partial charge is 0.493 e. The number of imidazole rings is 1. The van der Waals surface area contributed by atoms with E-state index in [-0.39, 0.29) is 5.88 Å². The average molecular weight is 339 g/mol. The molecule has 2 heterocycles. The second-order valence-corrected chi connectivity index (χ2v) is 6.11. The average Bonchev–Trinajstić information content (AvgIpc) is 2.90. The van der Waals surface area contributed by atoms with Crippen molar-refractivity contribution in [1.29, 1.82) is 0 Å². The zero-order chi connectivity index (χ0) is 18.0. The molecule has 0 atom stereocenters. The Labute approximate surface area is 145 Å². The summed E-state index contributed by atoms with van der Waals surface area (Å²) in [6, 6.07) is 11.2. The number of rotatable bonds is 5. The predicted molar refractivity (Wildman–Crippen MR) is 95.8 cm³/mol. The van der Waals surface area contributed by atoms with Gasteiger partial charge in [-0.3, -0.25) is 0 Å². The maximum Gasteiger partial charge on any atom is 0.333 e. The van der Waals surface area contributed by atoms with Gasteiger partial charge in [-0.1, -0.05) is 32.9 Å². The Hall–Kier alpha value is -3.02. The summed E-state index contributed by atoms with van der Waals surface area (Å²) < 4.78 is 6.97. The summed E-state index contributed by atoms with van der Waals surface area (Å²) in [5.41, 5.74) is 1.76. The van der Waals surface area contributed by atoms with Crippen LogP contribution in [0.15, 0.2) is 47.4 Å². The van der Waals surface area contributed by atoms with E-state index in [0.29, 0.717) is 35.3 Å². The minimum Gasteiger partial charge on any atom is -0.493 e. The van der Waals surface area contributed by atoms with E-state index >= 15 is 0 Å². The Morgan fingerprint density at radius 3 is 2.68 bits per heavy atom. The van der Waals surface area contributed by atoms with Crippen LogP contribution in [0.5, 0.6) is 17.5 Å². The van der Waals surface area contributed by atoms with Crippen LogP contribution in [-0.2, 0) is 6.42 Å². The number of hydrogen-bond donors (Lipinski definition) is 2. The molecule has 0 saturated carbocycles. The fraction of sp³-hybridized carbons (Fsp3) is 0.263. The van der Waals surface area contributed by atoms with Crippen LogP contribution >= 0.6 is 0 Å². The predicted octanol–water partition coefficient (Wildman–Crippen LogP) is 3.74. The number of ether oxygens (including phenoxy) is 1. The molecule has 0 fully saturated rings. The topological polar surface area (TPSA) is 80.1 Å². The normalized spacial score (nSPS) is 11.0. The van der Waals surface area contributed by atoms with Gasteiger partial charge in [-0.05, 0) is 36.1 Å². The summed E-state index contributed by atoms with van der Waals surface area (Å²) in [6.07, 6.45) is 2.03. The van der Waals surface area contributed by atoms with Gasteiger partial charge in [0.2, 0.25) is 11.8 Å². The van der Waals surface area contributed by atoms with Gasteiger partial charge in [0.25, 0.3) is 0 Å². The lowest BCUT2D eigenvalue weighted by molar-refractivity contribution is 0.434. The highest BCUT2D eigenvalue weighted by atomic mass is 16.5. The van der Waals surface area contributed by atoms with Crippen molar-refractivity contribution in [2.24, 2.45) is 0 Å². The van der Waals surface area contributed by atoms with Crippen LogP contribution in [0.4, 0.5) is 0 Å². The molecule has 0 spiro atoms. The molecular formula is C19H21N3O3. The number of H-pyrrole nitrogens is 1. The van der Waals surface area contributed by atoms with Crippen LogP contribution in [0.1, 0.15) is 37.9 Å². The first kappa shape index (κ1) is 16.8. The number of aromatic hydroxyl groups is 1. The van der Waals surface area contributed by atoms with Crippen LogP contribution in [-0.4, -0.2) is 19.6 Å². The zero-order valence-corrected chi connectivity index (χ0v) is 14.5. The molecule has 1 aromatic carbocycles. The lowest BCUT2D eigenvalue weighted by atomic mass is 10.0. The molecule has 0 unspecified atom stereocenters. The van der Waals surface area contributed by atoms with E-state index < -0.39 is 5.69 Å². The third-order valence-electron chi connectivity index (χ3n) is 4.02. The van der Waals surface area contributed by atoms with Crippen LogP contribution < -0.4 is 10.4 Å². The molecule has 3 aromatic rings. The van der Waals surface area contributed by atoms with E-state index in [1.165, 1.54) is 16.3 Å². The van der Waals surface area contributed by atoms with Gasteiger partial charge in [0.15, 0.2) is 0 Å². The van der Waals surface area contributed by atoms with E-state index in [0.717, 1.165) is 0 Å². The second-order valence-electron chi connectivity index (χ2n) is 6.11. The fourth-order valence-corrected chi connectivity index (χ4v) is 2.58. The zero-order valence-electron chi connectivity index (χ0n) is 14.5. The molecule has 0 radical (unpaired) electrons. The van der Waals surface area contributed by atoms with Gasteiger partial charge in [-0.2, -0.15) is 0 Å². The molecule has 0 aliphatic rings. The highest BCUT2D eigenvalue weighted by Crippen LogP contribution is 2.25. The Morgan fingerprint density at radius 1 is 1.28 bits per heavy atom. The molecule has 130 valence electrons. The molecule has 2 aromatic heterocycles. The van der Waals surface area contributed by atoms with Gasteiger partial charge in [-0.15, -0.1) is 0 Å². The fourth-order valence-electron chi connectivity index (χ4n) is 2.58. The lowest BCUT2D eigenvalue weighted by Gasteiger charge is -2.09. The van der Waals surface area contributed by atoms with Crippen LogP contribution in [0.2, 0.25) is 0 Å². The van der Waals surface area contributed by atoms with Crippen molar-refractivity contribution in [2.45, 2.75) is 33.1 Å². The molecule has 0 aliphatic heterocycles. The monoisotopic (exact) mass is 339 g/mol. The number of benzene rings is 1. The van der Waals surface area contributed by atoms with Gasteiger partial charge in [0, 0.05) is 6.07 Å². The van der Waals surface area contributed by atoms with Crippen molar-refractivity contribution in [1.82, 2.24) is 14.5 Å². The Bertz CT molecular complexity index is 924. The van der Waals surface area contributed by atoms with E-state index in [9.17, 15) is 9.90 Å². The Balaban J connectivity index is 1.85. The summed E-state index contributed by atoms with van der Waals surface area (Å²) in [6.45, 7) is 6.10. The molecule has 6 nitrogen and oxygen atoms in total. The first-order chi connectivity index (χ1) is 12.0. The molecule has 25 heavy (non-hydrogen) atoms. The van der Waals surface area contributed by atoms with Crippen molar-refractivity contribution in [3.63, 3.8) is 0 Å². The third kappa shape index (κ3) is 3.42. The van der Waals surface area contributed by atoms with Crippen LogP contribution in [0.3, 0.4) is 0 Å². The maximum absolute atomic E-state index is 12.0. The van der Waals surface area contributed by atoms with Crippen molar-refractivity contribution < 1.29 is 9.84 Å². The van der Waals surface area contributed by atoms with Crippen LogP contribution in [0.25, 0.3) is 5.69 Å². The minimum absolute atomic E-state index is 0.0902. The highest BCUT2D eigenvalue weighted by molar-refractivity contribution is 5.39. The molecule has 0 bridgehead atoms. The smallest absolute Gasteiger partial charge is 0.333 e. The maximum atomic E-state index is 12.0. The highest BCUT2D eigenvalue weighted by Gasteiger charge is 2.13. The van der Waals surface area contributed by atoms with E-state index in [2.05, 4.69) is 29.9 Å². The number of pyridine rings is 1. The molecule has 0 aliphatic carbocycles. The standard InChI is InChI=1S/C19H21N3O3/c1-4-16-18(23)22(19(24)21-16)14-8-9-17(20-11-14)25-15-7-5-6-13(10-15)12(2)3/h5-12,23H,4H2,1-3H3,(H,21,24). The number of aryl methyl sites for hydroxylation is 1. The van der Waals surface area contributed by atoms with Gasteiger partial charge in [-0.25, -0.2) is 14.3 Å². The summed E-state index contributed by atoms with van der Waals surface area (Å²) >= 11 is 0. The van der Waals surface area contributed by atoms with Crippen molar-refractivity contribution in [2.75, 3.05) is 0 Å². The van der Waals surface area contributed by atoms with E-state index in [1.807, 2.05) is 25.1 Å². The number of aromatic amines is 1.